The maximum Gasteiger partial charge on any atom is 0.339 e. The van der Waals surface area contributed by atoms with Gasteiger partial charge in [0, 0.05) is 21.0 Å². The Hall–Kier alpha value is -3.31. The summed E-state index contributed by atoms with van der Waals surface area (Å²) >= 11 is 3.36. The summed E-state index contributed by atoms with van der Waals surface area (Å²) in [6.45, 7) is -0.317. The van der Waals surface area contributed by atoms with Gasteiger partial charge in [-0.3, -0.25) is 4.79 Å². The van der Waals surface area contributed by atoms with Crippen LogP contribution in [0.25, 0.3) is 22.2 Å². The van der Waals surface area contributed by atoms with Gasteiger partial charge in [-0.2, -0.15) is 0 Å². The molecular weight excluding hydrogens is 502 g/mol. The lowest BCUT2D eigenvalue weighted by atomic mass is 9.84. The lowest BCUT2D eigenvalue weighted by Gasteiger charge is -2.22. The molecule has 1 fully saturated rings. The van der Waals surface area contributed by atoms with Gasteiger partial charge in [-0.05, 0) is 48.6 Å². The fourth-order valence-electron chi connectivity index (χ4n) is 4.78. The minimum absolute atomic E-state index is 0.247. The molecule has 1 aliphatic carbocycles. The number of esters is 1. The van der Waals surface area contributed by atoms with E-state index >= 15 is 0 Å². The molecule has 1 saturated carbocycles. The Bertz CT molecular complexity index is 1360. The van der Waals surface area contributed by atoms with Crippen molar-refractivity contribution in [1.82, 2.24) is 4.98 Å². The first kappa shape index (κ1) is 23.4. The summed E-state index contributed by atoms with van der Waals surface area (Å²) in [5, 5.41) is 0.705. The third-order valence-corrected chi connectivity index (χ3v) is 7.25. The number of carbonyl (C=O) groups excluding carboxylic acids is 2. The van der Waals surface area contributed by atoms with Crippen molar-refractivity contribution in [2.75, 3.05) is 6.61 Å². The number of aromatic nitrogens is 1. The van der Waals surface area contributed by atoms with Gasteiger partial charge in [-0.15, -0.1) is 0 Å². The van der Waals surface area contributed by atoms with E-state index in [1.54, 1.807) is 30.3 Å². The van der Waals surface area contributed by atoms with Crippen LogP contribution >= 0.6 is 15.9 Å². The molecule has 3 aromatic carbocycles. The zero-order valence-corrected chi connectivity index (χ0v) is 21.0. The van der Waals surface area contributed by atoms with Gasteiger partial charge in [0.1, 0.15) is 0 Å². The van der Waals surface area contributed by atoms with Crippen molar-refractivity contribution < 1.29 is 14.3 Å². The lowest BCUT2D eigenvalue weighted by molar-refractivity contribution is 0.0476. The first-order valence-electron chi connectivity index (χ1n) is 12.0. The van der Waals surface area contributed by atoms with Gasteiger partial charge in [0.25, 0.3) is 0 Å². The second-order valence-corrected chi connectivity index (χ2v) is 9.95. The number of pyridine rings is 1. The van der Waals surface area contributed by atoms with E-state index in [0.29, 0.717) is 33.6 Å². The molecule has 0 saturated heterocycles. The predicted molar refractivity (Wildman–Crippen MR) is 142 cm³/mol. The zero-order chi connectivity index (χ0) is 24.2. The van der Waals surface area contributed by atoms with Crippen molar-refractivity contribution in [3.05, 3.63) is 100 Å². The summed E-state index contributed by atoms with van der Waals surface area (Å²) in [5.74, 6) is -0.145. The second kappa shape index (κ2) is 10.5. The average Bonchev–Trinajstić information content (AvgIpc) is 2.92. The highest BCUT2D eigenvalue weighted by molar-refractivity contribution is 9.10. The highest BCUT2D eigenvalue weighted by Gasteiger charge is 2.18. The molecule has 0 amide bonds. The average molecular weight is 528 g/mol. The molecule has 176 valence electrons. The summed E-state index contributed by atoms with van der Waals surface area (Å²) in [4.78, 5) is 30.4. The van der Waals surface area contributed by atoms with E-state index in [1.165, 1.54) is 37.7 Å². The standard InChI is InChI=1S/C30H26BrNO3/c31-24-16-14-23(15-17-24)29(33)19-35-30(34)26-18-28(32-27-9-5-4-8-25(26)27)22-12-10-21(11-13-22)20-6-2-1-3-7-20/h4-5,8-18,20H,1-3,6-7,19H2. The SMILES string of the molecule is O=C(COC(=O)c1cc(-c2ccc(C3CCCCC3)cc2)nc2ccccc12)c1ccc(Br)cc1. The highest BCUT2D eigenvalue weighted by Crippen LogP contribution is 2.34. The Balaban J connectivity index is 1.39. The number of Topliss-reactive ketones (excluding diaryl/α,β-unsaturated/α-hetero) is 1. The van der Waals surface area contributed by atoms with Gasteiger partial charge in [0.05, 0.1) is 16.8 Å². The molecule has 0 aliphatic heterocycles. The molecular formula is C30H26BrNO3. The van der Waals surface area contributed by atoms with E-state index in [1.807, 2.05) is 24.3 Å². The smallest absolute Gasteiger partial charge is 0.339 e. The zero-order valence-electron chi connectivity index (χ0n) is 19.4. The van der Waals surface area contributed by atoms with E-state index in [0.717, 1.165) is 10.0 Å². The molecule has 0 atom stereocenters. The Morgan fingerprint density at radius 1 is 0.886 bits per heavy atom. The molecule has 35 heavy (non-hydrogen) atoms. The van der Waals surface area contributed by atoms with Crippen LogP contribution < -0.4 is 0 Å². The van der Waals surface area contributed by atoms with Crippen LogP contribution in [0.15, 0.2) is 83.3 Å². The van der Waals surface area contributed by atoms with Gasteiger partial charge < -0.3 is 4.74 Å². The number of fused-ring (bicyclic) bond motifs is 1. The fraction of sp³-hybridized carbons (Fsp3) is 0.233. The number of hydrogen-bond acceptors (Lipinski definition) is 4. The van der Waals surface area contributed by atoms with Crippen LogP contribution in [0.4, 0.5) is 0 Å². The molecule has 1 heterocycles. The number of ketones is 1. The number of benzene rings is 3. The minimum atomic E-state index is -0.533. The van der Waals surface area contributed by atoms with Gasteiger partial charge >= 0.3 is 5.97 Å². The molecule has 0 unspecified atom stereocenters. The van der Waals surface area contributed by atoms with Crippen LogP contribution in [0, 0.1) is 0 Å². The van der Waals surface area contributed by atoms with Gasteiger partial charge in [0.15, 0.2) is 12.4 Å². The number of rotatable bonds is 6. The van der Waals surface area contributed by atoms with Crippen molar-refractivity contribution in [3.63, 3.8) is 0 Å². The number of halogens is 1. The maximum atomic E-state index is 13.1. The third kappa shape index (κ3) is 5.35. The first-order chi connectivity index (χ1) is 17.1. The quantitative estimate of drug-likeness (QED) is 0.190. The number of carbonyl (C=O) groups is 2. The van der Waals surface area contributed by atoms with E-state index in [4.69, 9.17) is 9.72 Å². The van der Waals surface area contributed by atoms with Gasteiger partial charge in [0.2, 0.25) is 0 Å². The summed E-state index contributed by atoms with van der Waals surface area (Å²) in [5.41, 5.74) is 4.66. The number of para-hydroxylation sites is 1. The molecule has 0 bridgehead atoms. The molecule has 1 aliphatic rings. The first-order valence-corrected chi connectivity index (χ1v) is 12.8. The summed E-state index contributed by atoms with van der Waals surface area (Å²) in [6, 6.07) is 24.8. The van der Waals surface area contributed by atoms with Crippen molar-refractivity contribution in [2.45, 2.75) is 38.0 Å². The maximum absolute atomic E-state index is 13.1. The molecule has 0 N–H and O–H groups in total. The Labute approximate surface area is 213 Å². The third-order valence-electron chi connectivity index (χ3n) is 6.72. The van der Waals surface area contributed by atoms with Crippen molar-refractivity contribution in [1.29, 1.82) is 0 Å². The van der Waals surface area contributed by atoms with E-state index in [2.05, 4.69) is 40.2 Å². The van der Waals surface area contributed by atoms with Gasteiger partial charge in [-0.25, -0.2) is 9.78 Å². The van der Waals surface area contributed by atoms with Crippen molar-refractivity contribution >= 4 is 38.6 Å². The molecule has 0 spiro atoms. The number of nitrogens with zero attached hydrogens (tertiary/aromatic N) is 1. The van der Waals surface area contributed by atoms with Crippen LogP contribution in [0.1, 0.15) is 64.3 Å². The molecule has 5 heteroatoms. The minimum Gasteiger partial charge on any atom is -0.454 e. The lowest BCUT2D eigenvalue weighted by Crippen LogP contribution is -2.15. The topological polar surface area (TPSA) is 56.3 Å². The van der Waals surface area contributed by atoms with Crippen LogP contribution in [0.5, 0.6) is 0 Å². The van der Waals surface area contributed by atoms with Crippen LogP contribution in [0.2, 0.25) is 0 Å². The van der Waals surface area contributed by atoms with Crippen molar-refractivity contribution in [2.24, 2.45) is 0 Å². The van der Waals surface area contributed by atoms with Crippen LogP contribution in [-0.2, 0) is 4.74 Å². The number of hydrogen-bond donors (Lipinski definition) is 0. The highest BCUT2D eigenvalue weighted by atomic mass is 79.9. The Morgan fingerprint density at radius 2 is 1.60 bits per heavy atom. The normalized spacial score (nSPS) is 14.1. The Morgan fingerprint density at radius 3 is 2.34 bits per heavy atom. The molecule has 1 aromatic heterocycles. The van der Waals surface area contributed by atoms with E-state index in [-0.39, 0.29) is 12.4 Å². The summed E-state index contributed by atoms with van der Waals surface area (Å²) in [7, 11) is 0. The largest absolute Gasteiger partial charge is 0.454 e. The van der Waals surface area contributed by atoms with Crippen LogP contribution in [0.3, 0.4) is 0 Å². The monoisotopic (exact) mass is 527 g/mol. The van der Waals surface area contributed by atoms with E-state index in [9.17, 15) is 9.59 Å². The fourth-order valence-corrected chi connectivity index (χ4v) is 5.05. The van der Waals surface area contributed by atoms with Gasteiger partial charge in [-0.1, -0.05) is 89.8 Å². The molecule has 4 nitrogen and oxygen atoms in total. The molecule has 5 rings (SSSR count). The molecule has 4 aromatic rings. The van der Waals surface area contributed by atoms with E-state index < -0.39 is 5.97 Å². The molecule has 0 radical (unpaired) electrons. The Kier molecular flexibility index (Phi) is 7.05. The summed E-state index contributed by atoms with van der Waals surface area (Å²) in [6.07, 6.45) is 6.44. The van der Waals surface area contributed by atoms with Crippen LogP contribution in [-0.4, -0.2) is 23.3 Å². The van der Waals surface area contributed by atoms with Crippen molar-refractivity contribution in [3.8, 4) is 11.3 Å². The summed E-state index contributed by atoms with van der Waals surface area (Å²) < 4.78 is 6.33. The second-order valence-electron chi connectivity index (χ2n) is 9.04. The number of ether oxygens (including phenoxy) is 1. The predicted octanol–water partition coefficient (Wildman–Crippen LogP) is 7.75.